The number of anilines is 1. The minimum atomic E-state index is -0.694. The van der Waals surface area contributed by atoms with Crippen molar-refractivity contribution in [1.29, 1.82) is 0 Å². The SMILES string of the molecule is Nc1ccc(C(=O)c2c[nH]c3ccc(F)cc23)c(F)c1. The number of hydrogen-bond acceptors (Lipinski definition) is 2. The fraction of sp³-hybridized carbons (Fsp3) is 0. The highest BCUT2D eigenvalue weighted by molar-refractivity contribution is 6.16. The third-order valence-electron chi connectivity index (χ3n) is 3.13. The number of benzene rings is 2. The van der Waals surface area contributed by atoms with Crippen LogP contribution < -0.4 is 5.73 Å². The molecular formula is C15H10F2N2O. The van der Waals surface area contributed by atoms with Crippen LogP contribution >= 0.6 is 0 Å². The average molecular weight is 272 g/mol. The molecule has 1 heterocycles. The van der Waals surface area contributed by atoms with Gasteiger partial charge in [-0.3, -0.25) is 4.79 Å². The number of nitrogen functional groups attached to an aromatic ring is 1. The van der Waals surface area contributed by atoms with E-state index in [1.807, 2.05) is 0 Å². The minimum Gasteiger partial charge on any atom is -0.399 e. The van der Waals surface area contributed by atoms with Gasteiger partial charge in [-0.2, -0.15) is 0 Å². The summed E-state index contributed by atoms with van der Waals surface area (Å²) in [5.41, 5.74) is 6.44. The fourth-order valence-corrected chi connectivity index (χ4v) is 2.14. The zero-order chi connectivity index (χ0) is 14.3. The van der Waals surface area contributed by atoms with E-state index in [2.05, 4.69) is 4.98 Å². The van der Waals surface area contributed by atoms with E-state index in [-0.39, 0.29) is 16.8 Å². The molecule has 2 aromatic carbocycles. The number of ketones is 1. The average Bonchev–Trinajstić information content (AvgIpc) is 2.81. The lowest BCUT2D eigenvalue weighted by molar-refractivity contribution is 0.103. The van der Waals surface area contributed by atoms with Crippen LogP contribution in [-0.4, -0.2) is 10.8 Å². The second-order valence-corrected chi connectivity index (χ2v) is 4.46. The lowest BCUT2D eigenvalue weighted by atomic mass is 10.0. The van der Waals surface area contributed by atoms with E-state index in [0.29, 0.717) is 10.9 Å². The Hall–Kier alpha value is -2.69. The molecule has 0 amide bonds. The van der Waals surface area contributed by atoms with Crippen molar-refractivity contribution in [1.82, 2.24) is 4.98 Å². The van der Waals surface area contributed by atoms with Crippen LogP contribution in [0, 0.1) is 11.6 Å². The van der Waals surface area contributed by atoms with Crippen LogP contribution in [0.5, 0.6) is 0 Å². The van der Waals surface area contributed by atoms with Crippen LogP contribution in [0.15, 0.2) is 42.6 Å². The quantitative estimate of drug-likeness (QED) is 0.555. The Bertz CT molecular complexity index is 824. The first-order valence-electron chi connectivity index (χ1n) is 5.92. The van der Waals surface area contributed by atoms with Crippen molar-refractivity contribution in [3.63, 3.8) is 0 Å². The molecule has 3 N–H and O–H groups in total. The van der Waals surface area contributed by atoms with Crippen LogP contribution in [-0.2, 0) is 0 Å². The highest BCUT2D eigenvalue weighted by Gasteiger charge is 2.18. The zero-order valence-corrected chi connectivity index (χ0v) is 10.3. The van der Waals surface area contributed by atoms with Gasteiger partial charge in [-0.1, -0.05) is 0 Å². The standard InChI is InChI=1S/C15H10F2N2O/c16-8-1-4-14-11(5-8)12(7-19-14)15(20)10-3-2-9(18)6-13(10)17/h1-7,19H,18H2. The van der Waals surface area contributed by atoms with Gasteiger partial charge in [0.2, 0.25) is 0 Å². The highest BCUT2D eigenvalue weighted by atomic mass is 19.1. The summed E-state index contributed by atoms with van der Waals surface area (Å²) in [5, 5.41) is 0.422. The molecule has 100 valence electrons. The van der Waals surface area contributed by atoms with Gasteiger partial charge in [-0.15, -0.1) is 0 Å². The highest BCUT2D eigenvalue weighted by Crippen LogP contribution is 2.23. The van der Waals surface area contributed by atoms with Crippen LogP contribution in [0.1, 0.15) is 15.9 Å². The van der Waals surface area contributed by atoms with Crippen molar-refractivity contribution in [2.45, 2.75) is 0 Å². The Kier molecular flexibility index (Phi) is 2.75. The number of rotatable bonds is 2. The molecule has 0 aliphatic carbocycles. The van der Waals surface area contributed by atoms with Crippen molar-refractivity contribution in [2.24, 2.45) is 0 Å². The van der Waals surface area contributed by atoms with E-state index < -0.39 is 17.4 Å². The van der Waals surface area contributed by atoms with Gasteiger partial charge in [0.1, 0.15) is 11.6 Å². The maximum Gasteiger partial charge on any atom is 0.198 e. The van der Waals surface area contributed by atoms with Crippen LogP contribution in [0.4, 0.5) is 14.5 Å². The molecule has 0 radical (unpaired) electrons. The largest absolute Gasteiger partial charge is 0.399 e. The molecule has 0 bridgehead atoms. The number of hydrogen-bond donors (Lipinski definition) is 2. The monoisotopic (exact) mass is 272 g/mol. The Labute approximate surface area is 113 Å². The summed E-state index contributed by atoms with van der Waals surface area (Å²) in [6.45, 7) is 0. The smallest absolute Gasteiger partial charge is 0.198 e. The van der Waals surface area contributed by atoms with E-state index in [1.54, 1.807) is 0 Å². The molecule has 0 fully saturated rings. The number of nitrogens with two attached hydrogens (primary N) is 1. The van der Waals surface area contributed by atoms with Gasteiger partial charge in [0, 0.05) is 28.4 Å². The summed E-state index contributed by atoms with van der Waals surface area (Å²) < 4.78 is 27.1. The number of H-pyrrole nitrogens is 1. The van der Waals surface area contributed by atoms with Crippen molar-refractivity contribution < 1.29 is 13.6 Å². The normalized spacial score (nSPS) is 10.9. The number of carbonyl (C=O) groups is 1. The molecule has 0 unspecified atom stereocenters. The second-order valence-electron chi connectivity index (χ2n) is 4.46. The predicted octanol–water partition coefficient (Wildman–Crippen LogP) is 3.26. The molecule has 0 spiro atoms. The third-order valence-corrected chi connectivity index (χ3v) is 3.13. The molecule has 0 saturated heterocycles. The first kappa shape index (κ1) is 12.3. The summed E-state index contributed by atoms with van der Waals surface area (Å²) in [4.78, 5) is 15.2. The summed E-state index contributed by atoms with van der Waals surface area (Å²) in [6.07, 6.45) is 1.45. The van der Waals surface area contributed by atoms with Crippen molar-refractivity contribution in [2.75, 3.05) is 5.73 Å². The van der Waals surface area contributed by atoms with Gasteiger partial charge in [0.25, 0.3) is 0 Å². The number of carbonyl (C=O) groups excluding carboxylic acids is 1. The molecule has 1 aromatic heterocycles. The van der Waals surface area contributed by atoms with Gasteiger partial charge in [0.15, 0.2) is 5.78 Å². The van der Waals surface area contributed by atoms with Gasteiger partial charge >= 0.3 is 0 Å². The fourth-order valence-electron chi connectivity index (χ4n) is 2.14. The Morgan fingerprint density at radius 2 is 1.85 bits per heavy atom. The first-order chi connectivity index (χ1) is 9.56. The van der Waals surface area contributed by atoms with Crippen molar-refractivity contribution in [3.8, 4) is 0 Å². The summed E-state index contributed by atoms with van der Waals surface area (Å²) in [7, 11) is 0. The first-order valence-corrected chi connectivity index (χ1v) is 5.92. The second kappa shape index (κ2) is 4.45. The molecule has 3 aromatic rings. The molecule has 5 heteroatoms. The van der Waals surface area contributed by atoms with Crippen molar-refractivity contribution >= 4 is 22.4 Å². The molecule has 0 aliphatic heterocycles. The summed E-state index contributed by atoms with van der Waals surface area (Å²) in [5.74, 6) is -1.66. The van der Waals surface area contributed by atoms with Gasteiger partial charge in [-0.25, -0.2) is 8.78 Å². The van der Waals surface area contributed by atoms with Crippen LogP contribution in [0.25, 0.3) is 10.9 Å². The summed E-state index contributed by atoms with van der Waals surface area (Å²) in [6, 6.07) is 7.92. The summed E-state index contributed by atoms with van der Waals surface area (Å²) >= 11 is 0. The molecule has 3 rings (SSSR count). The maximum absolute atomic E-state index is 13.8. The van der Waals surface area contributed by atoms with Gasteiger partial charge in [-0.05, 0) is 36.4 Å². The molecular weight excluding hydrogens is 262 g/mol. The molecule has 0 aliphatic rings. The number of aromatic amines is 1. The van der Waals surface area contributed by atoms with Gasteiger partial charge < -0.3 is 10.7 Å². The minimum absolute atomic E-state index is 0.0932. The predicted molar refractivity (Wildman–Crippen MR) is 72.5 cm³/mol. The zero-order valence-electron chi connectivity index (χ0n) is 10.3. The van der Waals surface area contributed by atoms with E-state index in [9.17, 15) is 13.6 Å². The van der Waals surface area contributed by atoms with Gasteiger partial charge in [0.05, 0.1) is 5.56 Å². The Morgan fingerprint density at radius 3 is 2.60 bits per heavy atom. The topological polar surface area (TPSA) is 58.9 Å². The van der Waals surface area contributed by atoms with Crippen LogP contribution in [0.2, 0.25) is 0 Å². The van der Waals surface area contributed by atoms with E-state index in [4.69, 9.17) is 5.73 Å². The Balaban J connectivity index is 2.15. The Morgan fingerprint density at radius 1 is 1.05 bits per heavy atom. The molecule has 0 atom stereocenters. The van der Waals surface area contributed by atoms with E-state index in [1.165, 1.54) is 36.5 Å². The van der Waals surface area contributed by atoms with Crippen molar-refractivity contribution in [3.05, 3.63) is 65.4 Å². The lowest BCUT2D eigenvalue weighted by Crippen LogP contribution is -2.04. The number of halogens is 2. The third kappa shape index (κ3) is 1.93. The number of aromatic nitrogens is 1. The molecule has 0 saturated carbocycles. The van der Waals surface area contributed by atoms with Crippen LogP contribution in [0.3, 0.4) is 0 Å². The number of nitrogens with one attached hydrogen (secondary N) is 1. The van der Waals surface area contributed by atoms with E-state index >= 15 is 0 Å². The molecule has 3 nitrogen and oxygen atoms in total. The maximum atomic E-state index is 13.8. The van der Waals surface area contributed by atoms with E-state index in [0.717, 1.165) is 6.07 Å². The lowest BCUT2D eigenvalue weighted by Gasteiger charge is -2.03. The molecule has 20 heavy (non-hydrogen) atoms. The number of fused-ring (bicyclic) bond motifs is 1.